The number of ether oxygens (including phenoxy) is 1. The third-order valence-electron chi connectivity index (χ3n) is 5.14. The van der Waals surface area contributed by atoms with Gasteiger partial charge in [-0.3, -0.25) is 19.6 Å². The minimum atomic E-state index is -0.210. The summed E-state index contributed by atoms with van der Waals surface area (Å²) in [7, 11) is 0. The molecule has 0 aromatic carbocycles. The van der Waals surface area contributed by atoms with Gasteiger partial charge in [0, 0.05) is 44.2 Å². The number of piperidine rings is 1. The highest BCUT2D eigenvalue weighted by Crippen LogP contribution is 2.35. The lowest BCUT2D eigenvalue weighted by molar-refractivity contribution is 0.0723. The molecule has 0 aliphatic carbocycles. The lowest BCUT2D eigenvalue weighted by atomic mass is 10.1. The molecule has 28 heavy (non-hydrogen) atoms. The number of carbonyl (C=O) groups excluding carboxylic acids is 2. The van der Waals surface area contributed by atoms with Crippen molar-refractivity contribution >= 4 is 23.3 Å². The van der Waals surface area contributed by atoms with E-state index in [1.54, 1.807) is 30.6 Å². The highest BCUT2D eigenvalue weighted by atomic mass is 16.5. The Kier molecular flexibility index (Phi) is 4.85. The van der Waals surface area contributed by atoms with E-state index in [1.807, 2.05) is 9.80 Å². The summed E-state index contributed by atoms with van der Waals surface area (Å²) in [5, 5.41) is 8.06. The number of fused-ring (bicyclic) bond motifs is 1. The lowest BCUT2D eigenvalue weighted by Gasteiger charge is -2.31. The number of carbonyl (C=O) groups is 2. The van der Waals surface area contributed by atoms with Crippen LogP contribution in [-0.2, 0) is 0 Å². The molecule has 0 radical (unpaired) electrons. The molecule has 0 saturated carbocycles. The molecule has 8 heteroatoms. The molecule has 8 nitrogen and oxygen atoms in total. The second kappa shape index (κ2) is 7.46. The summed E-state index contributed by atoms with van der Waals surface area (Å²) in [6.45, 7) is 4.02. The number of hydrogen-bond acceptors (Lipinski definition) is 6. The molecule has 1 N–H and O–H groups in total. The van der Waals surface area contributed by atoms with E-state index in [0.717, 1.165) is 31.6 Å². The first-order valence-electron chi connectivity index (χ1n) is 9.52. The van der Waals surface area contributed by atoms with Gasteiger partial charge in [-0.15, -0.1) is 0 Å². The van der Waals surface area contributed by atoms with E-state index in [-0.39, 0.29) is 17.3 Å². The molecule has 0 spiro atoms. The highest BCUT2D eigenvalue weighted by Gasteiger charge is 2.25. The van der Waals surface area contributed by atoms with Gasteiger partial charge >= 0.3 is 0 Å². The summed E-state index contributed by atoms with van der Waals surface area (Å²) in [5.74, 6) is 0.953. The Labute approximate surface area is 162 Å². The number of hydrogen-bond donors (Lipinski definition) is 1. The number of likely N-dealkylation sites (tertiary alicyclic amines) is 1. The van der Waals surface area contributed by atoms with Gasteiger partial charge in [-0.1, -0.05) is 0 Å². The van der Waals surface area contributed by atoms with Gasteiger partial charge in [-0.25, -0.2) is 4.98 Å². The van der Waals surface area contributed by atoms with Gasteiger partial charge in [0.1, 0.15) is 12.1 Å². The molecule has 1 amide bonds. The maximum Gasteiger partial charge on any atom is 0.255 e. The molecule has 0 bridgehead atoms. The Morgan fingerprint density at radius 2 is 1.93 bits per heavy atom. The fraction of sp³-hybridized carbons (Fsp3) is 0.400. The summed E-state index contributed by atoms with van der Waals surface area (Å²) in [6, 6.07) is 5.17. The zero-order valence-corrected chi connectivity index (χ0v) is 15.9. The van der Waals surface area contributed by atoms with E-state index in [2.05, 4.69) is 4.98 Å². The van der Waals surface area contributed by atoms with Gasteiger partial charge in [0.25, 0.3) is 5.91 Å². The molecule has 0 unspecified atom stereocenters. The third-order valence-corrected chi connectivity index (χ3v) is 5.14. The average Bonchev–Trinajstić information content (AvgIpc) is 2.72. The number of amides is 1. The Morgan fingerprint density at radius 1 is 1.14 bits per heavy atom. The summed E-state index contributed by atoms with van der Waals surface area (Å²) >= 11 is 0. The first-order chi connectivity index (χ1) is 13.5. The fourth-order valence-corrected chi connectivity index (χ4v) is 3.68. The smallest absolute Gasteiger partial charge is 0.255 e. The summed E-state index contributed by atoms with van der Waals surface area (Å²) < 4.78 is 7.04. The van der Waals surface area contributed by atoms with Crippen LogP contribution in [0.5, 0.6) is 5.75 Å². The molecule has 2 aromatic heterocycles. The van der Waals surface area contributed by atoms with Crippen molar-refractivity contribution < 1.29 is 14.3 Å². The van der Waals surface area contributed by atoms with Gasteiger partial charge in [0.05, 0.1) is 12.1 Å². The first kappa shape index (κ1) is 18.2. The van der Waals surface area contributed by atoms with Gasteiger partial charge < -0.3 is 14.5 Å². The van der Waals surface area contributed by atoms with Crippen molar-refractivity contribution in [1.82, 2.24) is 14.5 Å². The number of rotatable bonds is 2. The lowest BCUT2D eigenvalue weighted by Crippen LogP contribution is -2.36. The van der Waals surface area contributed by atoms with Crippen LogP contribution in [0.3, 0.4) is 0 Å². The Balaban J connectivity index is 1.63. The number of nitrogens with one attached hydrogen (secondary N) is 1. The fourth-order valence-electron chi connectivity index (χ4n) is 3.68. The number of aromatic nitrogens is 2. The molecule has 2 aliphatic heterocycles. The van der Waals surface area contributed by atoms with Crippen molar-refractivity contribution in [3.8, 4) is 5.75 Å². The van der Waals surface area contributed by atoms with Crippen LogP contribution in [0.1, 0.15) is 41.3 Å². The molecule has 4 rings (SSSR count). The normalized spacial score (nSPS) is 16.3. The van der Waals surface area contributed by atoms with Crippen LogP contribution in [0.4, 0.5) is 11.5 Å². The predicted molar refractivity (Wildman–Crippen MR) is 103 cm³/mol. The van der Waals surface area contributed by atoms with Crippen molar-refractivity contribution in [3.05, 3.63) is 41.6 Å². The van der Waals surface area contributed by atoms with Crippen molar-refractivity contribution in [2.45, 2.75) is 26.2 Å². The molecule has 146 valence electrons. The monoisotopic (exact) mass is 381 g/mol. The number of nitrogens with zero attached hydrogens (tertiary/aromatic N) is 4. The van der Waals surface area contributed by atoms with E-state index >= 15 is 0 Å². The molecule has 4 heterocycles. The predicted octanol–water partition coefficient (Wildman–Crippen LogP) is 2.18. The van der Waals surface area contributed by atoms with E-state index in [9.17, 15) is 9.59 Å². The maximum atomic E-state index is 12.7. The summed E-state index contributed by atoms with van der Waals surface area (Å²) in [4.78, 5) is 32.6. The van der Waals surface area contributed by atoms with Crippen LogP contribution >= 0.6 is 0 Å². The van der Waals surface area contributed by atoms with Crippen molar-refractivity contribution in [2.75, 3.05) is 31.1 Å². The highest BCUT2D eigenvalue weighted by molar-refractivity contribution is 5.95. The largest absolute Gasteiger partial charge is 0.488 e. The molecule has 2 aromatic rings. The molecule has 0 atom stereocenters. The summed E-state index contributed by atoms with van der Waals surface area (Å²) in [5.41, 5.74) is 1.40. The van der Waals surface area contributed by atoms with Crippen LogP contribution < -0.4 is 15.1 Å². The second-order valence-electron chi connectivity index (χ2n) is 7.06. The number of pyridine rings is 2. The quantitative estimate of drug-likeness (QED) is 0.861. The molecule has 1 saturated heterocycles. The Bertz CT molecular complexity index is 978. The van der Waals surface area contributed by atoms with Crippen LogP contribution in [0.25, 0.3) is 0 Å². The standard InChI is InChI=1S/C20H23N5O3/c1-14(26)24-8-5-16(12-18(24)21)25-9-10-28-17-11-15(13-22-19(17)25)20(27)23-6-3-2-4-7-23/h5,8,11-13,21H,2-4,6-7,9-10H2,1H3. The van der Waals surface area contributed by atoms with Crippen LogP contribution in [0.15, 0.2) is 30.6 Å². The molecular weight excluding hydrogens is 358 g/mol. The van der Waals surface area contributed by atoms with E-state index in [4.69, 9.17) is 10.1 Å². The zero-order valence-electron chi connectivity index (χ0n) is 15.9. The van der Waals surface area contributed by atoms with Gasteiger partial charge in [0.15, 0.2) is 11.6 Å². The average molecular weight is 381 g/mol. The summed E-state index contributed by atoms with van der Waals surface area (Å²) in [6.07, 6.45) is 6.43. The topological polar surface area (TPSA) is 91.5 Å². The second-order valence-corrected chi connectivity index (χ2v) is 7.06. The van der Waals surface area contributed by atoms with Crippen LogP contribution in [-0.4, -0.2) is 52.5 Å². The van der Waals surface area contributed by atoms with E-state index < -0.39 is 0 Å². The minimum Gasteiger partial charge on any atom is -0.488 e. The minimum absolute atomic E-state index is 0.00798. The van der Waals surface area contributed by atoms with E-state index in [0.29, 0.717) is 30.3 Å². The Hall–Kier alpha value is -3.16. The SMILES string of the molecule is CC(=O)n1ccc(N2CCOc3cc(C(=O)N4CCCCC4)cnc32)cc1=N. The zero-order chi connectivity index (χ0) is 19.7. The molecule has 2 aliphatic rings. The van der Waals surface area contributed by atoms with Crippen molar-refractivity contribution in [2.24, 2.45) is 0 Å². The first-order valence-corrected chi connectivity index (χ1v) is 9.52. The van der Waals surface area contributed by atoms with Crippen LogP contribution in [0, 0.1) is 5.41 Å². The van der Waals surface area contributed by atoms with Crippen molar-refractivity contribution in [1.29, 1.82) is 5.41 Å². The van der Waals surface area contributed by atoms with Crippen molar-refractivity contribution in [3.63, 3.8) is 0 Å². The maximum absolute atomic E-state index is 12.7. The Morgan fingerprint density at radius 3 is 2.64 bits per heavy atom. The molecular formula is C20H23N5O3. The molecule has 1 fully saturated rings. The third kappa shape index (κ3) is 3.37. The van der Waals surface area contributed by atoms with Crippen LogP contribution in [0.2, 0.25) is 0 Å². The number of anilines is 2. The van der Waals surface area contributed by atoms with Gasteiger partial charge in [-0.2, -0.15) is 0 Å². The van der Waals surface area contributed by atoms with E-state index in [1.165, 1.54) is 17.9 Å². The van der Waals surface area contributed by atoms with Gasteiger partial charge in [-0.05, 0) is 31.4 Å². The van der Waals surface area contributed by atoms with Gasteiger partial charge in [0.2, 0.25) is 5.91 Å².